The molecule has 2 heterocycles. The average molecular weight is 333 g/mol. The fourth-order valence-corrected chi connectivity index (χ4v) is 2.90. The smallest absolute Gasteiger partial charge is 0.313 e. The van der Waals surface area contributed by atoms with Gasteiger partial charge >= 0.3 is 5.97 Å². The first-order chi connectivity index (χ1) is 11.6. The Labute approximate surface area is 139 Å². The van der Waals surface area contributed by atoms with Crippen molar-refractivity contribution < 1.29 is 23.4 Å². The molecule has 1 atom stereocenters. The Kier molecular flexibility index (Phi) is 4.97. The molecule has 6 heteroatoms. The van der Waals surface area contributed by atoms with Gasteiger partial charge in [-0.2, -0.15) is 0 Å². The first kappa shape index (κ1) is 16.7. The van der Waals surface area contributed by atoms with Crippen molar-refractivity contribution in [2.45, 2.75) is 19.4 Å². The number of aliphatic carboxylic acids is 1. The van der Waals surface area contributed by atoms with Crippen molar-refractivity contribution in [3.8, 4) is 11.3 Å². The predicted octanol–water partition coefficient (Wildman–Crippen LogP) is 3.06. The molecule has 1 saturated heterocycles. The van der Waals surface area contributed by atoms with Crippen LogP contribution in [0.3, 0.4) is 0 Å². The van der Waals surface area contributed by atoms with Crippen LogP contribution in [-0.4, -0.2) is 30.8 Å². The fourth-order valence-electron chi connectivity index (χ4n) is 2.90. The quantitative estimate of drug-likeness (QED) is 0.850. The Bertz CT molecular complexity index is 689. The van der Waals surface area contributed by atoms with E-state index >= 15 is 0 Å². The van der Waals surface area contributed by atoms with Crippen molar-refractivity contribution in [3.05, 3.63) is 48.0 Å². The van der Waals surface area contributed by atoms with Crippen LogP contribution in [0.4, 0.5) is 4.39 Å². The summed E-state index contributed by atoms with van der Waals surface area (Å²) in [6, 6.07) is 9.73. The largest absolute Gasteiger partial charge is 0.481 e. The van der Waals surface area contributed by atoms with Crippen LogP contribution >= 0.6 is 0 Å². The van der Waals surface area contributed by atoms with Gasteiger partial charge in [0.2, 0.25) is 0 Å². The van der Waals surface area contributed by atoms with Gasteiger partial charge in [0.25, 0.3) is 0 Å². The molecule has 0 bridgehead atoms. The fraction of sp³-hybridized carbons (Fsp3) is 0.389. The van der Waals surface area contributed by atoms with Crippen LogP contribution in [0.15, 0.2) is 40.8 Å². The van der Waals surface area contributed by atoms with E-state index in [1.165, 1.54) is 12.1 Å². The summed E-state index contributed by atoms with van der Waals surface area (Å²) in [5.74, 6) is 0.231. The molecule has 24 heavy (non-hydrogen) atoms. The van der Waals surface area contributed by atoms with E-state index in [-0.39, 0.29) is 12.4 Å². The summed E-state index contributed by atoms with van der Waals surface area (Å²) in [5, 5.41) is 12.6. The van der Waals surface area contributed by atoms with Crippen LogP contribution in [0, 0.1) is 11.2 Å². The van der Waals surface area contributed by atoms with Crippen molar-refractivity contribution in [1.82, 2.24) is 5.32 Å². The van der Waals surface area contributed by atoms with E-state index in [4.69, 9.17) is 9.15 Å². The van der Waals surface area contributed by atoms with E-state index in [1.54, 1.807) is 12.1 Å². The summed E-state index contributed by atoms with van der Waals surface area (Å²) in [6.07, 6.45) is 1.36. The number of hydrogen-bond donors (Lipinski definition) is 2. The Balaban J connectivity index is 1.59. The second kappa shape index (κ2) is 7.15. The summed E-state index contributed by atoms with van der Waals surface area (Å²) < 4.78 is 24.0. The van der Waals surface area contributed by atoms with Crippen LogP contribution in [0.1, 0.15) is 18.6 Å². The molecular formula is C18H20FNO4. The number of ether oxygens (including phenoxy) is 1. The van der Waals surface area contributed by atoms with Crippen molar-refractivity contribution in [1.29, 1.82) is 0 Å². The normalized spacial score (nSPS) is 20.9. The number of furan rings is 1. The lowest BCUT2D eigenvalue weighted by molar-refractivity contribution is -0.157. The van der Waals surface area contributed by atoms with Crippen LogP contribution < -0.4 is 5.32 Å². The molecule has 0 saturated carbocycles. The number of hydrogen-bond acceptors (Lipinski definition) is 4. The number of carbonyl (C=O) groups is 1. The molecule has 1 unspecified atom stereocenters. The summed E-state index contributed by atoms with van der Waals surface area (Å²) >= 11 is 0. The van der Waals surface area contributed by atoms with Gasteiger partial charge in [-0.3, -0.25) is 4.79 Å². The highest BCUT2D eigenvalue weighted by Crippen LogP contribution is 2.28. The van der Waals surface area contributed by atoms with Gasteiger partial charge in [-0.25, -0.2) is 4.39 Å². The van der Waals surface area contributed by atoms with E-state index in [1.807, 2.05) is 12.1 Å². The molecule has 1 aromatic heterocycles. The topological polar surface area (TPSA) is 71.7 Å². The molecule has 0 amide bonds. The van der Waals surface area contributed by atoms with Gasteiger partial charge < -0.3 is 19.6 Å². The molecule has 5 nitrogen and oxygen atoms in total. The molecule has 3 rings (SSSR count). The highest BCUT2D eigenvalue weighted by Gasteiger charge is 2.40. The maximum Gasteiger partial charge on any atom is 0.313 e. The minimum Gasteiger partial charge on any atom is -0.481 e. The van der Waals surface area contributed by atoms with Gasteiger partial charge in [0.15, 0.2) is 0 Å². The van der Waals surface area contributed by atoms with Gasteiger partial charge in [0.05, 0.1) is 13.2 Å². The van der Waals surface area contributed by atoms with Gasteiger partial charge in [-0.15, -0.1) is 0 Å². The summed E-state index contributed by atoms with van der Waals surface area (Å²) in [6.45, 7) is 1.60. The van der Waals surface area contributed by atoms with Gasteiger partial charge in [0, 0.05) is 18.7 Å². The molecule has 1 fully saturated rings. The summed E-state index contributed by atoms with van der Waals surface area (Å²) in [4.78, 5) is 11.6. The van der Waals surface area contributed by atoms with E-state index < -0.39 is 11.4 Å². The summed E-state index contributed by atoms with van der Waals surface area (Å²) in [5.41, 5.74) is -0.0738. The van der Waals surface area contributed by atoms with Crippen molar-refractivity contribution in [2.75, 3.05) is 19.8 Å². The maximum atomic E-state index is 13.0. The molecule has 1 aliphatic rings. The lowest BCUT2D eigenvalue weighted by Gasteiger charge is -2.33. The zero-order valence-corrected chi connectivity index (χ0v) is 13.3. The van der Waals surface area contributed by atoms with Crippen LogP contribution in [-0.2, 0) is 16.1 Å². The average Bonchev–Trinajstić information content (AvgIpc) is 3.05. The van der Waals surface area contributed by atoms with Crippen molar-refractivity contribution in [3.63, 3.8) is 0 Å². The molecule has 2 aromatic rings. The van der Waals surface area contributed by atoms with Crippen LogP contribution in [0.5, 0.6) is 0 Å². The standard InChI is InChI=1S/C18H20FNO4/c19-14-4-2-13(3-5-14)16-7-6-15(24-16)10-20-11-18(17(21)22)8-1-9-23-12-18/h2-7,20H,1,8-12H2,(H,21,22). The number of rotatable bonds is 6. The third-order valence-electron chi connectivity index (χ3n) is 4.33. The second-order valence-corrected chi connectivity index (χ2v) is 6.12. The lowest BCUT2D eigenvalue weighted by Crippen LogP contribution is -2.46. The molecule has 128 valence electrons. The van der Waals surface area contributed by atoms with Gasteiger partial charge in [0.1, 0.15) is 22.8 Å². The summed E-state index contributed by atoms with van der Waals surface area (Å²) in [7, 11) is 0. The van der Waals surface area contributed by atoms with E-state index in [2.05, 4.69) is 5.32 Å². The molecule has 1 aliphatic heterocycles. The van der Waals surface area contributed by atoms with Crippen LogP contribution in [0.25, 0.3) is 11.3 Å². The van der Waals surface area contributed by atoms with Crippen molar-refractivity contribution in [2.24, 2.45) is 5.41 Å². The highest BCUT2D eigenvalue weighted by molar-refractivity contribution is 5.75. The predicted molar refractivity (Wildman–Crippen MR) is 85.9 cm³/mol. The van der Waals surface area contributed by atoms with Crippen molar-refractivity contribution >= 4 is 5.97 Å². The molecule has 0 radical (unpaired) electrons. The SMILES string of the molecule is O=C(O)C1(CNCc2ccc(-c3ccc(F)cc3)o2)CCCOC1. The number of nitrogens with one attached hydrogen (secondary N) is 1. The lowest BCUT2D eigenvalue weighted by atomic mass is 9.82. The number of carboxylic acids is 1. The minimum absolute atomic E-state index is 0.230. The third-order valence-corrected chi connectivity index (χ3v) is 4.33. The Morgan fingerprint density at radius 2 is 2.04 bits per heavy atom. The Morgan fingerprint density at radius 3 is 2.71 bits per heavy atom. The number of benzene rings is 1. The maximum absolute atomic E-state index is 13.0. The number of halogens is 1. The van der Waals surface area contributed by atoms with Gasteiger partial charge in [-0.1, -0.05) is 0 Å². The minimum atomic E-state index is -0.870. The van der Waals surface area contributed by atoms with E-state index in [0.29, 0.717) is 37.6 Å². The zero-order valence-electron chi connectivity index (χ0n) is 13.3. The first-order valence-corrected chi connectivity index (χ1v) is 7.96. The van der Waals surface area contributed by atoms with Crippen LogP contribution in [0.2, 0.25) is 0 Å². The number of carboxylic acid groups (broad SMARTS) is 1. The molecule has 1 aromatic carbocycles. The molecule has 0 aliphatic carbocycles. The molecular weight excluding hydrogens is 313 g/mol. The van der Waals surface area contributed by atoms with Gasteiger partial charge in [-0.05, 0) is 49.2 Å². The van der Waals surface area contributed by atoms with E-state index in [0.717, 1.165) is 12.0 Å². The monoisotopic (exact) mass is 333 g/mol. The highest BCUT2D eigenvalue weighted by atomic mass is 19.1. The van der Waals surface area contributed by atoms with E-state index in [9.17, 15) is 14.3 Å². The Morgan fingerprint density at radius 1 is 1.25 bits per heavy atom. The Hall–Kier alpha value is -2.18. The zero-order chi connectivity index (χ0) is 17.0. The second-order valence-electron chi connectivity index (χ2n) is 6.12. The molecule has 2 N–H and O–H groups in total. The molecule has 0 spiro atoms. The first-order valence-electron chi connectivity index (χ1n) is 7.96. The third kappa shape index (κ3) is 3.66.